The molecule has 1 aromatic carbocycles. The van der Waals surface area contributed by atoms with Gasteiger partial charge < -0.3 is 19.9 Å². The Bertz CT molecular complexity index is 709. The summed E-state index contributed by atoms with van der Waals surface area (Å²) in [6.45, 7) is 7.75. The zero-order chi connectivity index (χ0) is 18.8. The maximum absolute atomic E-state index is 13.3. The highest BCUT2D eigenvalue weighted by molar-refractivity contribution is 14.0. The first-order valence-electron chi connectivity index (χ1n) is 9.03. The van der Waals surface area contributed by atoms with Crippen LogP contribution in [0.1, 0.15) is 38.6 Å². The number of guanidine groups is 1. The molecule has 1 heterocycles. The first kappa shape index (κ1) is 23.2. The summed E-state index contributed by atoms with van der Waals surface area (Å²) in [7, 11) is 0. The number of hydrogen-bond donors (Lipinski definition) is 2. The van der Waals surface area contributed by atoms with Crippen LogP contribution in [0, 0.1) is 5.82 Å². The highest BCUT2D eigenvalue weighted by Crippen LogP contribution is 2.14. The molecule has 2 aromatic rings. The third kappa shape index (κ3) is 8.15. The van der Waals surface area contributed by atoms with Gasteiger partial charge in [0.15, 0.2) is 11.7 Å². The van der Waals surface area contributed by atoms with Gasteiger partial charge in [-0.2, -0.15) is 0 Å². The van der Waals surface area contributed by atoms with Crippen LogP contribution in [-0.4, -0.2) is 30.3 Å². The van der Waals surface area contributed by atoms with E-state index in [1.54, 1.807) is 12.1 Å². The number of aryl methyl sites for hydroxylation is 1. The van der Waals surface area contributed by atoms with Crippen molar-refractivity contribution < 1.29 is 13.7 Å². The van der Waals surface area contributed by atoms with Crippen LogP contribution >= 0.6 is 24.0 Å². The number of hydrogen-bond acceptors (Lipinski definition) is 4. The Kier molecular flexibility index (Phi) is 10.8. The minimum atomic E-state index is -0.307. The van der Waals surface area contributed by atoms with Gasteiger partial charge in [-0.1, -0.05) is 25.1 Å². The third-order valence-electron chi connectivity index (χ3n) is 3.76. The first-order chi connectivity index (χ1) is 12.6. The standard InChI is InChI=1S/C19H27FN4O2.HI/c1-4-15-11-18(26-24-15)13-23-19(21-6-3)22-12-16(5-2)25-17-9-7-8-14(20)10-17;/h7-11,16H,4-6,12-13H2,1-3H3,(H2,21,22,23);1H. The van der Waals surface area contributed by atoms with E-state index in [0.29, 0.717) is 24.8 Å². The summed E-state index contributed by atoms with van der Waals surface area (Å²) >= 11 is 0. The summed E-state index contributed by atoms with van der Waals surface area (Å²) in [5, 5.41) is 10.4. The summed E-state index contributed by atoms with van der Waals surface area (Å²) < 4.78 is 24.4. The Hall–Kier alpha value is -1.84. The molecule has 0 spiro atoms. The summed E-state index contributed by atoms with van der Waals surface area (Å²) in [5.41, 5.74) is 0.919. The molecule has 150 valence electrons. The zero-order valence-corrected chi connectivity index (χ0v) is 18.3. The molecule has 27 heavy (non-hydrogen) atoms. The van der Waals surface area contributed by atoms with Gasteiger partial charge in [-0.3, -0.25) is 0 Å². The monoisotopic (exact) mass is 490 g/mol. The number of aromatic nitrogens is 1. The van der Waals surface area contributed by atoms with Gasteiger partial charge in [0.2, 0.25) is 0 Å². The predicted molar refractivity (Wildman–Crippen MR) is 115 cm³/mol. The fourth-order valence-electron chi connectivity index (χ4n) is 2.31. The van der Waals surface area contributed by atoms with E-state index in [1.165, 1.54) is 12.1 Å². The molecule has 0 amide bonds. The van der Waals surface area contributed by atoms with E-state index in [9.17, 15) is 4.39 Å². The molecule has 0 aliphatic carbocycles. The van der Waals surface area contributed by atoms with Crippen LogP contribution in [0.4, 0.5) is 4.39 Å². The number of aliphatic imine (C=N–C) groups is 1. The average molecular weight is 490 g/mol. The van der Waals surface area contributed by atoms with Gasteiger partial charge in [0.05, 0.1) is 12.2 Å². The lowest BCUT2D eigenvalue weighted by atomic mass is 10.2. The summed E-state index contributed by atoms with van der Waals surface area (Å²) in [6, 6.07) is 8.08. The summed E-state index contributed by atoms with van der Waals surface area (Å²) in [5.74, 6) is 1.61. The number of nitrogens with one attached hydrogen (secondary N) is 2. The van der Waals surface area contributed by atoms with E-state index in [4.69, 9.17) is 9.26 Å². The van der Waals surface area contributed by atoms with Crippen LogP contribution in [0.3, 0.4) is 0 Å². The molecule has 0 fully saturated rings. The largest absolute Gasteiger partial charge is 0.489 e. The van der Waals surface area contributed by atoms with E-state index < -0.39 is 0 Å². The van der Waals surface area contributed by atoms with Crippen molar-refractivity contribution in [1.82, 2.24) is 15.8 Å². The Morgan fingerprint density at radius 2 is 2.07 bits per heavy atom. The Morgan fingerprint density at radius 1 is 1.26 bits per heavy atom. The average Bonchev–Trinajstić information content (AvgIpc) is 3.11. The van der Waals surface area contributed by atoms with E-state index in [2.05, 4.69) is 20.8 Å². The molecular formula is C19H28FIN4O2. The van der Waals surface area contributed by atoms with Gasteiger partial charge in [0, 0.05) is 18.7 Å². The number of ether oxygens (including phenoxy) is 1. The fraction of sp³-hybridized carbons (Fsp3) is 0.474. The maximum atomic E-state index is 13.3. The Labute approximate surface area is 177 Å². The van der Waals surface area contributed by atoms with Gasteiger partial charge >= 0.3 is 0 Å². The second-order valence-corrected chi connectivity index (χ2v) is 5.82. The van der Waals surface area contributed by atoms with Gasteiger partial charge in [-0.05, 0) is 31.9 Å². The van der Waals surface area contributed by atoms with Crippen molar-refractivity contribution in [3.63, 3.8) is 0 Å². The van der Waals surface area contributed by atoms with Gasteiger partial charge in [0.1, 0.15) is 24.2 Å². The Morgan fingerprint density at radius 3 is 2.70 bits per heavy atom. The zero-order valence-electron chi connectivity index (χ0n) is 16.0. The van der Waals surface area contributed by atoms with E-state index in [-0.39, 0.29) is 35.9 Å². The lowest BCUT2D eigenvalue weighted by Crippen LogP contribution is -2.42. The minimum absolute atomic E-state index is 0. The number of nitrogens with zero attached hydrogens (tertiary/aromatic N) is 2. The molecule has 8 heteroatoms. The second-order valence-electron chi connectivity index (χ2n) is 5.82. The number of halogens is 2. The molecule has 6 nitrogen and oxygen atoms in total. The second kappa shape index (κ2) is 12.5. The minimum Gasteiger partial charge on any atom is -0.489 e. The van der Waals surface area contributed by atoms with Crippen LogP contribution < -0.4 is 15.4 Å². The number of rotatable bonds is 9. The molecule has 1 aromatic heterocycles. The molecule has 0 saturated carbocycles. The van der Waals surface area contributed by atoms with Crippen LogP contribution in [0.5, 0.6) is 5.75 Å². The van der Waals surface area contributed by atoms with Gasteiger partial charge in [-0.15, -0.1) is 24.0 Å². The first-order valence-corrected chi connectivity index (χ1v) is 9.03. The lowest BCUT2D eigenvalue weighted by Gasteiger charge is -2.20. The number of benzene rings is 1. The molecule has 2 rings (SSSR count). The molecule has 0 aliphatic heterocycles. The molecular weight excluding hydrogens is 462 g/mol. The maximum Gasteiger partial charge on any atom is 0.191 e. The third-order valence-corrected chi connectivity index (χ3v) is 3.76. The van der Waals surface area contributed by atoms with Crippen molar-refractivity contribution in [2.45, 2.75) is 46.3 Å². The normalized spacial score (nSPS) is 12.2. The van der Waals surface area contributed by atoms with Crippen LogP contribution in [0.15, 0.2) is 39.8 Å². The molecule has 2 N–H and O–H groups in total. The highest BCUT2D eigenvalue weighted by Gasteiger charge is 2.10. The van der Waals surface area contributed by atoms with Crippen LogP contribution in [-0.2, 0) is 13.0 Å². The molecule has 0 radical (unpaired) electrons. The topological polar surface area (TPSA) is 71.7 Å². The molecule has 0 bridgehead atoms. The fourth-order valence-corrected chi connectivity index (χ4v) is 2.31. The summed E-state index contributed by atoms with van der Waals surface area (Å²) in [4.78, 5) is 4.50. The van der Waals surface area contributed by atoms with Gasteiger partial charge in [0.25, 0.3) is 0 Å². The predicted octanol–water partition coefficient (Wildman–Crippen LogP) is 3.91. The van der Waals surface area contributed by atoms with Crippen LogP contribution in [0.25, 0.3) is 0 Å². The van der Waals surface area contributed by atoms with Crippen molar-refractivity contribution in [1.29, 1.82) is 0 Å². The molecule has 1 atom stereocenters. The molecule has 0 saturated heterocycles. The quantitative estimate of drug-likeness (QED) is 0.317. The van der Waals surface area contributed by atoms with Crippen molar-refractivity contribution in [3.8, 4) is 5.75 Å². The Balaban J connectivity index is 0.00000364. The SMILES string of the molecule is CCNC(=NCc1cc(CC)no1)NCC(CC)Oc1cccc(F)c1.I. The van der Waals surface area contributed by atoms with Crippen LogP contribution in [0.2, 0.25) is 0 Å². The van der Waals surface area contributed by atoms with E-state index in [0.717, 1.165) is 30.8 Å². The van der Waals surface area contributed by atoms with E-state index >= 15 is 0 Å². The van der Waals surface area contributed by atoms with Crippen molar-refractivity contribution in [3.05, 3.63) is 47.6 Å². The molecule has 0 aliphatic rings. The van der Waals surface area contributed by atoms with Crippen molar-refractivity contribution in [2.24, 2.45) is 4.99 Å². The van der Waals surface area contributed by atoms with Crippen molar-refractivity contribution >= 4 is 29.9 Å². The summed E-state index contributed by atoms with van der Waals surface area (Å²) in [6.07, 6.45) is 1.52. The lowest BCUT2D eigenvalue weighted by molar-refractivity contribution is 0.198. The smallest absolute Gasteiger partial charge is 0.191 e. The molecule has 1 unspecified atom stereocenters. The van der Waals surface area contributed by atoms with Crippen molar-refractivity contribution in [2.75, 3.05) is 13.1 Å². The van der Waals surface area contributed by atoms with E-state index in [1.807, 2.05) is 26.8 Å². The highest BCUT2D eigenvalue weighted by atomic mass is 127. The van der Waals surface area contributed by atoms with Gasteiger partial charge in [-0.25, -0.2) is 9.38 Å².